The van der Waals surface area contributed by atoms with Gasteiger partial charge in [0, 0.05) is 18.9 Å². The second-order valence-corrected chi connectivity index (χ2v) is 13.5. The zero-order valence-corrected chi connectivity index (χ0v) is 25.9. The summed E-state index contributed by atoms with van der Waals surface area (Å²) < 4.78 is 50.4. The van der Waals surface area contributed by atoms with Crippen molar-refractivity contribution in [2.45, 2.75) is 90.1 Å². The molecule has 0 spiro atoms. The predicted octanol–water partition coefficient (Wildman–Crippen LogP) is 6.73. The minimum Gasteiger partial charge on any atom is -0.481 e. The Morgan fingerprint density at radius 1 is 1.09 bits per heavy atom. The molecule has 4 rings (SSSR count). The normalized spacial score (nSPS) is 24.3. The molecule has 2 saturated carbocycles. The third-order valence-electron chi connectivity index (χ3n) is 8.16. The number of aromatic nitrogens is 3. The first-order valence-corrected chi connectivity index (χ1v) is 14.8. The lowest BCUT2D eigenvalue weighted by molar-refractivity contribution is -0.152. The number of nitrogens with zero attached hydrogens (tertiary/aromatic N) is 4. The van der Waals surface area contributed by atoms with Gasteiger partial charge in [0.25, 0.3) is 5.91 Å². The molecule has 0 saturated heterocycles. The van der Waals surface area contributed by atoms with E-state index in [0.29, 0.717) is 12.8 Å². The maximum absolute atomic E-state index is 14.5. The number of hydrogen-bond donors (Lipinski definition) is 1. The molecule has 43 heavy (non-hydrogen) atoms. The molecule has 0 atom stereocenters. The van der Waals surface area contributed by atoms with Gasteiger partial charge in [-0.1, -0.05) is 23.2 Å². The van der Waals surface area contributed by atoms with Gasteiger partial charge in [0.15, 0.2) is 11.5 Å². The van der Waals surface area contributed by atoms with Gasteiger partial charge < -0.3 is 14.7 Å². The molecule has 0 aromatic carbocycles. The van der Waals surface area contributed by atoms with Gasteiger partial charge in [-0.05, 0) is 72.1 Å². The zero-order chi connectivity index (χ0) is 31.9. The average molecular weight is 648 g/mol. The van der Waals surface area contributed by atoms with Gasteiger partial charge in [-0.25, -0.2) is 0 Å². The quantitative estimate of drug-likeness (QED) is 0.300. The van der Waals surface area contributed by atoms with Gasteiger partial charge in [0.05, 0.1) is 57.1 Å². The van der Waals surface area contributed by atoms with Crippen LogP contribution in [0.2, 0.25) is 10.0 Å². The number of amides is 1. The summed E-state index contributed by atoms with van der Waals surface area (Å²) >= 11 is 12.3. The van der Waals surface area contributed by atoms with E-state index < -0.39 is 53.1 Å². The van der Waals surface area contributed by atoms with Crippen LogP contribution in [0.5, 0.6) is 0 Å². The van der Waals surface area contributed by atoms with Crippen molar-refractivity contribution < 1.29 is 37.4 Å². The molecule has 9 nitrogen and oxygen atoms in total. The van der Waals surface area contributed by atoms with E-state index in [2.05, 4.69) is 10.1 Å². The molecular formula is C29H35Cl2F3N4O5. The van der Waals surface area contributed by atoms with Crippen LogP contribution in [0.3, 0.4) is 0 Å². The predicted molar refractivity (Wildman–Crippen MR) is 152 cm³/mol. The topological polar surface area (TPSA) is 115 Å². The second-order valence-electron chi connectivity index (χ2n) is 12.7. The van der Waals surface area contributed by atoms with Crippen molar-refractivity contribution in [2.24, 2.45) is 11.3 Å². The van der Waals surface area contributed by atoms with Crippen molar-refractivity contribution in [1.29, 1.82) is 0 Å². The van der Waals surface area contributed by atoms with Gasteiger partial charge >= 0.3 is 12.1 Å². The van der Waals surface area contributed by atoms with Crippen molar-refractivity contribution in [3.05, 3.63) is 45.5 Å². The highest BCUT2D eigenvalue weighted by Gasteiger charge is 2.45. The lowest BCUT2D eigenvalue weighted by atomic mass is 9.74. The first-order valence-electron chi connectivity index (χ1n) is 14.1. The van der Waals surface area contributed by atoms with E-state index >= 15 is 0 Å². The van der Waals surface area contributed by atoms with Crippen LogP contribution < -0.4 is 0 Å². The van der Waals surface area contributed by atoms with Crippen LogP contribution in [0.25, 0.3) is 0 Å². The molecule has 0 unspecified atom stereocenters. The summed E-state index contributed by atoms with van der Waals surface area (Å²) in [6.45, 7) is 6.78. The summed E-state index contributed by atoms with van der Waals surface area (Å²) in [7, 11) is 0. The number of Topliss-reactive ketones (excluding diaryl/α,β-unsaturated/α-hetero) is 1. The standard InChI is InChI=1S/C29H35Cl2F3N4O5/c1-27(2,3)43-18-9-16(10-18)14-37(15-22(39)23-20(30)12-35-13-21(23)31)25(40)19-11-36-38(24(19)29(32,33)34)17-5-7-28(4,8-6-17)26(41)42/h11-13,16-18H,5-10,14-15H2,1-4H3,(H,41,42). The number of ketones is 1. The Morgan fingerprint density at radius 2 is 1.67 bits per heavy atom. The molecule has 0 radical (unpaired) electrons. The van der Waals surface area contributed by atoms with Gasteiger partial charge in [-0.15, -0.1) is 0 Å². The highest BCUT2D eigenvalue weighted by Crippen LogP contribution is 2.44. The smallest absolute Gasteiger partial charge is 0.433 e. The van der Waals surface area contributed by atoms with Crippen molar-refractivity contribution in [2.75, 3.05) is 13.1 Å². The number of carboxylic acid groups (broad SMARTS) is 1. The van der Waals surface area contributed by atoms with Crippen molar-refractivity contribution in [1.82, 2.24) is 19.7 Å². The molecule has 2 aromatic heterocycles. The molecule has 236 valence electrons. The molecule has 2 aliphatic rings. The highest BCUT2D eigenvalue weighted by atomic mass is 35.5. The van der Waals surface area contributed by atoms with Crippen LogP contribution in [-0.2, 0) is 15.7 Å². The third kappa shape index (κ3) is 7.51. The lowest BCUT2D eigenvalue weighted by Gasteiger charge is -2.41. The van der Waals surface area contributed by atoms with Crippen LogP contribution in [0.1, 0.15) is 98.7 Å². The fraction of sp³-hybridized carbons (Fsp3) is 0.621. The molecule has 1 N–H and O–H groups in total. The monoisotopic (exact) mass is 646 g/mol. The number of pyridine rings is 1. The fourth-order valence-corrected chi connectivity index (χ4v) is 6.40. The van der Waals surface area contributed by atoms with E-state index in [-0.39, 0.29) is 65.5 Å². The Balaban J connectivity index is 1.63. The van der Waals surface area contributed by atoms with Gasteiger partial charge in [-0.2, -0.15) is 18.3 Å². The highest BCUT2D eigenvalue weighted by molar-refractivity contribution is 6.39. The van der Waals surface area contributed by atoms with Crippen LogP contribution in [-0.4, -0.2) is 67.2 Å². The second kappa shape index (κ2) is 12.4. The Morgan fingerprint density at radius 3 is 2.19 bits per heavy atom. The summed E-state index contributed by atoms with van der Waals surface area (Å²) in [6.07, 6.45) is 0.0942. The van der Waals surface area contributed by atoms with E-state index in [1.807, 2.05) is 20.8 Å². The van der Waals surface area contributed by atoms with Crippen LogP contribution in [0.15, 0.2) is 18.6 Å². The zero-order valence-electron chi connectivity index (χ0n) is 24.4. The Kier molecular flexibility index (Phi) is 9.54. The molecule has 2 aromatic rings. The van der Waals surface area contributed by atoms with E-state index in [9.17, 15) is 32.7 Å². The van der Waals surface area contributed by atoms with Crippen molar-refractivity contribution in [3.63, 3.8) is 0 Å². The average Bonchev–Trinajstić information content (AvgIpc) is 3.32. The van der Waals surface area contributed by atoms with Gasteiger partial charge in [0.2, 0.25) is 0 Å². The molecule has 0 bridgehead atoms. The lowest BCUT2D eigenvalue weighted by Crippen LogP contribution is -2.46. The number of carboxylic acids is 1. The maximum Gasteiger partial charge on any atom is 0.433 e. The molecular weight excluding hydrogens is 612 g/mol. The number of ether oxygens (including phenoxy) is 1. The van der Waals surface area contributed by atoms with E-state index in [0.717, 1.165) is 15.8 Å². The SMILES string of the molecule is CC(C)(C)OC1CC(CN(CC(=O)c2c(Cl)cncc2Cl)C(=O)c2cnn(C3CCC(C)(C(=O)O)CC3)c2C(F)(F)F)C1. The third-order valence-corrected chi connectivity index (χ3v) is 8.73. The summed E-state index contributed by atoms with van der Waals surface area (Å²) in [4.78, 5) is 43.7. The number of alkyl halides is 3. The van der Waals surface area contributed by atoms with Gasteiger partial charge in [0.1, 0.15) is 0 Å². The molecule has 2 fully saturated rings. The molecule has 2 aliphatic carbocycles. The Labute approximate surface area is 257 Å². The van der Waals surface area contributed by atoms with Crippen LogP contribution >= 0.6 is 23.2 Å². The minimum atomic E-state index is -4.94. The van der Waals surface area contributed by atoms with E-state index in [1.54, 1.807) is 6.92 Å². The summed E-state index contributed by atoms with van der Waals surface area (Å²) in [5.74, 6) is -2.75. The molecule has 0 aliphatic heterocycles. The number of aliphatic carboxylic acids is 1. The first-order chi connectivity index (χ1) is 19.9. The van der Waals surface area contributed by atoms with Crippen molar-refractivity contribution in [3.8, 4) is 0 Å². The fourth-order valence-electron chi connectivity index (χ4n) is 5.83. The molecule has 14 heteroatoms. The van der Waals surface area contributed by atoms with Gasteiger partial charge in [-0.3, -0.25) is 24.0 Å². The van der Waals surface area contributed by atoms with Crippen molar-refractivity contribution >= 4 is 40.9 Å². The number of halogens is 5. The summed E-state index contributed by atoms with van der Waals surface area (Å²) in [5, 5.41) is 13.4. The number of hydrogen-bond acceptors (Lipinski definition) is 6. The first kappa shape index (κ1) is 33.2. The minimum absolute atomic E-state index is 0.0117. The Bertz CT molecular complexity index is 1360. The summed E-state index contributed by atoms with van der Waals surface area (Å²) in [6, 6.07) is -0.739. The van der Waals surface area contributed by atoms with Crippen LogP contribution in [0, 0.1) is 11.3 Å². The molecule has 2 heterocycles. The Hall–Kier alpha value is -2.70. The number of carbonyl (C=O) groups is 3. The number of carbonyl (C=O) groups excluding carboxylic acids is 2. The molecule has 1 amide bonds. The van der Waals surface area contributed by atoms with Crippen LogP contribution in [0.4, 0.5) is 13.2 Å². The largest absolute Gasteiger partial charge is 0.481 e. The number of rotatable bonds is 9. The van der Waals surface area contributed by atoms with E-state index in [4.69, 9.17) is 27.9 Å². The maximum atomic E-state index is 14.5. The van der Waals surface area contributed by atoms with E-state index in [1.165, 1.54) is 12.4 Å². The summed E-state index contributed by atoms with van der Waals surface area (Å²) in [5.41, 5.74) is -3.39.